The maximum absolute atomic E-state index is 12.8. The largest absolute Gasteiger partial charge is 0.468 e. The number of anilines is 1. The lowest BCUT2D eigenvalue weighted by molar-refractivity contribution is -0.143. The maximum Gasteiger partial charge on any atom is 0.322 e. The summed E-state index contributed by atoms with van der Waals surface area (Å²) in [5, 5.41) is 15.3. The zero-order valence-corrected chi connectivity index (χ0v) is 46.9. The second kappa shape index (κ2) is 26.6. The molecule has 2 radical (unpaired) electrons. The Morgan fingerprint density at radius 1 is 0.600 bits per heavy atom. The van der Waals surface area contributed by atoms with Gasteiger partial charge in [0.2, 0.25) is 14.8 Å². The van der Waals surface area contributed by atoms with Gasteiger partial charge in [-0.25, -0.2) is 4.98 Å². The van der Waals surface area contributed by atoms with E-state index >= 15 is 0 Å². The number of thioether (sulfide) groups is 1. The van der Waals surface area contributed by atoms with Gasteiger partial charge < -0.3 is 25.2 Å². The second-order valence-corrected chi connectivity index (χ2v) is 21.7. The molecule has 380 valence electrons. The normalized spacial score (nSPS) is 14.6. The van der Waals surface area contributed by atoms with Crippen LogP contribution in [-0.4, -0.2) is 58.1 Å². The lowest BCUT2D eigenvalue weighted by Crippen LogP contribution is -2.45. The highest BCUT2D eigenvalue weighted by Crippen LogP contribution is 2.50. The van der Waals surface area contributed by atoms with Crippen LogP contribution in [0, 0.1) is 0 Å². The van der Waals surface area contributed by atoms with Crippen molar-refractivity contribution in [2.75, 3.05) is 19.5 Å². The monoisotopic (exact) mass is 1170 g/mol. The summed E-state index contributed by atoms with van der Waals surface area (Å²) < 4.78 is 10.1. The summed E-state index contributed by atoms with van der Waals surface area (Å²) in [6, 6.07) is 46.3. The van der Waals surface area contributed by atoms with Gasteiger partial charge >= 0.3 is 11.9 Å². The van der Waals surface area contributed by atoms with Crippen molar-refractivity contribution in [3.05, 3.63) is 214 Å². The third-order valence-corrected chi connectivity index (χ3v) is 16.2. The standard InChI is InChI=1S/C31H26BCl4N2O2S.C25H18BCl4N2O2/c1-40-31(39)27(38-32-30-23(35)11-6-12-24(30)36)16-18-13-14-25-20(15-18)28(41-19-7-3-2-4-8-19)17-26(37-25)29-21(33)9-5-10-22(29)34;1-34-25(33)22(32-26-24-18(29)6-3-7-19(24)30)13-14-8-10-20-15(12-14)9-11-21(31-20)23-16(27)4-2-5-17(23)28/h2-15,26-28,37-38H,16-17H2,1H3;2-12,22,32H,13H2,1H3. The van der Waals surface area contributed by atoms with Crippen molar-refractivity contribution in [1.82, 2.24) is 15.4 Å². The number of halogens is 8. The van der Waals surface area contributed by atoms with Gasteiger partial charge in [0, 0.05) is 62.5 Å². The van der Waals surface area contributed by atoms with Gasteiger partial charge in [0.15, 0.2) is 0 Å². The van der Waals surface area contributed by atoms with Crippen LogP contribution in [0.1, 0.15) is 40.0 Å². The summed E-state index contributed by atoms with van der Waals surface area (Å²) in [4.78, 5) is 31.1. The average Bonchev–Trinajstić information content (AvgIpc) is 3.40. The van der Waals surface area contributed by atoms with E-state index < -0.39 is 18.1 Å². The number of methoxy groups -OCH3 is 2. The van der Waals surface area contributed by atoms with Gasteiger partial charge in [-0.05, 0) is 132 Å². The van der Waals surface area contributed by atoms with Crippen molar-refractivity contribution < 1.29 is 19.1 Å². The molecule has 4 unspecified atom stereocenters. The first-order valence-corrected chi connectivity index (χ1v) is 27.2. The number of fused-ring (bicyclic) bond motifs is 2. The molecule has 0 amide bonds. The first-order chi connectivity index (χ1) is 36.2. The molecule has 1 aliphatic heterocycles. The fourth-order valence-corrected chi connectivity index (χ4v) is 12.1. The molecule has 0 spiro atoms. The van der Waals surface area contributed by atoms with Crippen molar-refractivity contribution in [3.63, 3.8) is 0 Å². The van der Waals surface area contributed by atoms with E-state index in [2.05, 4.69) is 40.0 Å². The van der Waals surface area contributed by atoms with Crippen LogP contribution in [0.25, 0.3) is 22.2 Å². The van der Waals surface area contributed by atoms with Gasteiger partial charge in [-0.3, -0.25) is 9.59 Å². The Morgan fingerprint density at radius 3 is 1.63 bits per heavy atom. The average molecular weight is 1170 g/mol. The van der Waals surface area contributed by atoms with E-state index in [-0.39, 0.29) is 17.3 Å². The highest BCUT2D eigenvalue weighted by molar-refractivity contribution is 7.99. The molecule has 3 N–H and O–H groups in total. The Morgan fingerprint density at radius 2 is 1.09 bits per heavy atom. The van der Waals surface area contributed by atoms with Gasteiger partial charge in [0.05, 0.1) is 41.5 Å². The van der Waals surface area contributed by atoms with Crippen LogP contribution in [0.15, 0.2) is 157 Å². The molecule has 8 nitrogen and oxygen atoms in total. The lowest BCUT2D eigenvalue weighted by Gasteiger charge is -2.34. The van der Waals surface area contributed by atoms with E-state index in [1.54, 1.807) is 81.2 Å². The first-order valence-electron chi connectivity index (χ1n) is 23.3. The zero-order valence-electron chi connectivity index (χ0n) is 40.0. The molecule has 9 rings (SSSR count). The Kier molecular flexibility index (Phi) is 20.1. The lowest BCUT2D eigenvalue weighted by atomic mass is 9.81. The number of esters is 2. The number of rotatable bonds is 16. The molecule has 1 aliphatic rings. The number of nitrogens with one attached hydrogen (secondary N) is 3. The number of pyridine rings is 1. The quantitative estimate of drug-likeness (QED) is 0.0645. The smallest absolute Gasteiger partial charge is 0.322 e. The van der Waals surface area contributed by atoms with Crippen molar-refractivity contribution in [1.29, 1.82) is 0 Å². The molecule has 0 saturated heterocycles. The summed E-state index contributed by atoms with van der Waals surface area (Å²) in [5.41, 5.74) is 8.36. The van der Waals surface area contributed by atoms with Gasteiger partial charge in [-0.15, -0.1) is 11.8 Å². The summed E-state index contributed by atoms with van der Waals surface area (Å²) >= 11 is 52.8. The van der Waals surface area contributed by atoms with Crippen LogP contribution in [-0.2, 0) is 31.9 Å². The van der Waals surface area contributed by atoms with Gasteiger partial charge in [0.25, 0.3) is 0 Å². The van der Waals surface area contributed by atoms with Crippen LogP contribution >= 0.6 is 105 Å². The molecule has 0 aliphatic carbocycles. The van der Waals surface area contributed by atoms with E-state index in [1.165, 1.54) is 19.1 Å². The van der Waals surface area contributed by atoms with Gasteiger partial charge in [0.1, 0.15) is 12.1 Å². The van der Waals surface area contributed by atoms with Crippen molar-refractivity contribution in [2.24, 2.45) is 0 Å². The van der Waals surface area contributed by atoms with Crippen LogP contribution in [0.5, 0.6) is 0 Å². The number of carbonyl (C=O) groups is 2. The molecule has 7 aromatic carbocycles. The third kappa shape index (κ3) is 14.3. The summed E-state index contributed by atoms with van der Waals surface area (Å²) in [7, 11) is 6.03. The predicted molar refractivity (Wildman–Crippen MR) is 315 cm³/mol. The molecule has 4 atom stereocenters. The van der Waals surface area contributed by atoms with E-state index in [1.807, 2.05) is 72.8 Å². The Balaban J connectivity index is 0.000000203. The molecular formula is C56H44B2Cl8N4O4S. The van der Waals surface area contributed by atoms with Crippen molar-refractivity contribution >= 4 is 159 Å². The minimum Gasteiger partial charge on any atom is -0.468 e. The molecule has 75 heavy (non-hydrogen) atoms. The molecule has 1 aromatic heterocycles. The molecule has 0 fully saturated rings. The molecule has 0 bridgehead atoms. The fourth-order valence-electron chi connectivity index (χ4n) is 8.56. The number of nitrogens with zero attached hydrogens (tertiary/aromatic N) is 1. The Bertz CT molecular complexity index is 3270. The molecule has 19 heteroatoms. The number of aromatic nitrogens is 1. The summed E-state index contributed by atoms with van der Waals surface area (Å²) in [6.07, 6.45) is 1.57. The third-order valence-electron chi connectivity index (χ3n) is 12.3. The molecule has 2 heterocycles. The minimum absolute atomic E-state index is 0.0600. The topological polar surface area (TPSA) is 102 Å². The Hall–Kier alpha value is -4.59. The van der Waals surface area contributed by atoms with Crippen LogP contribution in [0.2, 0.25) is 40.2 Å². The van der Waals surface area contributed by atoms with Crippen LogP contribution < -0.4 is 26.7 Å². The van der Waals surface area contributed by atoms with E-state index in [0.29, 0.717) is 75.2 Å². The minimum atomic E-state index is -0.642. The first kappa shape index (κ1) is 56.6. The highest BCUT2D eigenvalue weighted by Gasteiger charge is 2.32. The number of benzene rings is 7. The molecular weight excluding hydrogens is 1130 g/mol. The predicted octanol–water partition coefficient (Wildman–Crippen LogP) is 14.4. The van der Waals surface area contributed by atoms with Crippen molar-refractivity contribution in [3.8, 4) is 11.3 Å². The zero-order chi connectivity index (χ0) is 53.2. The van der Waals surface area contributed by atoms with Gasteiger partial charge in [-0.2, -0.15) is 0 Å². The van der Waals surface area contributed by atoms with Crippen LogP contribution in [0.3, 0.4) is 0 Å². The fraction of sp³-hybridized carbons (Fsp3) is 0.161. The summed E-state index contributed by atoms with van der Waals surface area (Å²) in [5.74, 6) is -0.787. The highest BCUT2D eigenvalue weighted by atomic mass is 35.5. The number of hydrogen-bond donors (Lipinski definition) is 3. The van der Waals surface area contributed by atoms with E-state index in [4.69, 9.17) is 107 Å². The van der Waals surface area contributed by atoms with Gasteiger partial charge in [-0.1, -0.05) is 160 Å². The molecule has 8 aromatic rings. The SMILES string of the molecule is COC(=O)C(Cc1ccc2c(c1)C(Sc1ccccc1)CC(c1c(Cl)cccc1Cl)N2)N[B]c1c(Cl)cccc1Cl.COC(=O)C(Cc1ccc2nc(-c3c(Cl)cccc3Cl)ccc2c1)N[B]c1c(Cl)cccc1Cl. The number of ether oxygens (including phenoxy) is 2. The van der Waals surface area contributed by atoms with E-state index in [9.17, 15) is 9.59 Å². The van der Waals surface area contributed by atoms with Crippen molar-refractivity contribution in [2.45, 2.75) is 47.5 Å². The molecule has 0 saturated carbocycles. The number of hydrogen-bond acceptors (Lipinski definition) is 9. The number of carbonyl (C=O) groups excluding carboxylic acids is 2. The van der Waals surface area contributed by atoms with E-state index in [0.717, 1.165) is 45.3 Å². The Labute approximate surface area is 481 Å². The summed E-state index contributed by atoms with van der Waals surface area (Å²) in [6.45, 7) is 0. The maximum atomic E-state index is 12.8. The second-order valence-electron chi connectivity index (χ2n) is 17.2. The van der Waals surface area contributed by atoms with Crippen LogP contribution in [0.4, 0.5) is 5.69 Å².